The summed E-state index contributed by atoms with van der Waals surface area (Å²) >= 11 is 0. The van der Waals surface area contributed by atoms with Gasteiger partial charge in [0.2, 0.25) is 0 Å². The van der Waals surface area contributed by atoms with Gasteiger partial charge in [0.25, 0.3) is 23.1 Å². The van der Waals surface area contributed by atoms with E-state index in [9.17, 15) is 24.8 Å². The van der Waals surface area contributed by atoms with Crippen LogP contribution in [0.4, 0.5) is 5.69 Å². The smallest absolute Gasteiger partial charge is 0.272 e. The lowest BCUT2D eigenvalue weighted by Crippen LogP contribution is -2.49. The molecule has 0 saturated heterocycles. The van der Waals surface area contributed by atoms with Crippen molar-refractivity contribution in [3.05, 3.63) is 129 Å². The summed E-state index contributed by atoms with van der Waals surface area (Å²) in [6.07, 6.45) is 17.1. The first-order valence-electron chi connectivity index (χ1n) is 17.0. The Kier molecular flexibility index (Phi) is 10.2. The highest BCUT2D eigenvalue weighted by atomic mass is 16.3. The average Bonchev–Trinajstić information content (AvgIpc) is 3.14. The van der Waals surface area contributed by atoms with E-state index >= 15 is 0 Å². The molecule has 2 heterocycles. The summed E-state index contributed by atoms with van der Waals surface area (Å²) in [4.78, 5) is 46.7. The number of carbonyl (C=O) groups is 2. The number of hydrogen-bond donors (Lipinski definition) is 1. The summed E-state index contributed by atoms with van der Waals surface area (Å²) in [5.74, 6) is -1.28. The fourth-order valence-corrected chi connectivity index (χ4v) is 7.41. The van der Waals surface area contributed by atoms with Crippen molar-refractivity contribution in [2.75, 3.05) is 0 Å². The van der Waals surface area contributed by atoms with E-state index < -0.39 is 11.8 Å². The number of hydrogen-bond acceptors (Lipinski definition) is 5. The van der Waals surface area contributed by atoms with Gasteiger partial charge in [0.15, 0.2) is 5.88 Å². The highest BCUT2D eigenvalue weighted by Gasteiger charge is 2.41. The lowest BCUT2D eigenvalue weighted by molar-refractivity contribution is -0.143. The van der Waals surface area contributed by atoms with Crippen LogP contribution in [-0.2, 0) is 9.59 Å². The van der Waals surface area contributed by atoms with Gasteiger partial charge in [-0.2, -0.15) is 5.26 Å². The van der Waals surface area contributed by atoms with E-state index in [0.717, 1.165) is 51.4 Å². The highest BCUT2D eigenvalue weighted by Crippen LogP contribution is 2.42. The first-order chi connectivity index (χ1) is 24.0. The Morgan fingerprint density at radius 2 is 1.37 bits per heavy atom. The molecule has 2 saturated carbocycles. The molecular formula is C41H38N4O4. The monoisotopic (exact) mass is 650 g/mol. The van der Waals surface area contributed by atoms with Gasteiger partial charge in [-0.25, -0.2) is 4.85 Å². The van der Waals surface area contributed by atoms with Crippen molar-refractivity contribution in [3.8, 4) is 23.1 Å². The number of imide groups is 1. The number of allylic oxidation sites excluding steroid dienone is 4. The number of aromatic nitrogens is 1. The zero-order valence-corrected chi connectivity index (χ0v) is 27.3. The van der Waals surface area contributed by atoms with Gasteiger partial charge in [-0.1, -0.05) is 123 Å². The summed E-state index contributed by atoms with van der Waals surface area (Å²) in [7, 11) is 0. The van der Waals surface area contributed by atoms with Crippen molar-refractivity contribution in [1.29, 1.82) is 5.26 Å². The molecule has 2 amide bonds. The number of nitrogens with zero attached hydrogens (tertiary/aromatic N) is 4. The second kappa shape index (κ2) is 15.0. The van der Waals surface area contributed by atoms with E-state index in [0.29, 0.717) is 35.1 Å². The summed E-state index contributed by atoms with van der Waals surface area (Å²) in [5.41, 5.74) is 2.07. The van der Waals surface area contributed by atoms with Gasteiger partial charge in [-0.3, -0.25) is 23.9 Å². The number of rotatable bonds is 7. The molecule has 2 aliphatic carbocycles. The molecular weight excluding hydrogens is 612 g/mol. The lowest BCUT2D eigenvalue weighted by Gasteiger charge is -2.36. The van der Waals surface area contributed by atoms with Crippen molar-refractivity contribution in [2.45, 2.75) is 76.3 Å². The van der Waals surface area contributed by atoms with Crippen molar-refractivity contribution >= 4 is 29.2 Å². The molecule has 0 spiro atoms. The van der Waals surface area contributed by atoms with Crippen LogP contribution in [0.5, 0.6) is 5.88 Å². The maximum Gasteiger partial charge on any atom is 0.272 e. The molecule has 0 unspecified atom stereocenters. The van der Waals surface area contributed by atoms with E-state index in [1.807, 2.05) is 36.4 Å². The van der Waals surface area contributed by atoms with E-state index in [1.165, 1.54) is 9.47 Å². The van der Waals surface area contributed by atoms with E-state index in [4.69, 9.17) is 6.57 Å². The quantitative estimate of drug-likeness (QED) is 0.120. The van der Waals surface area contributed by atoms with Gasteiger partial charge < -0.3 is 5.11 Å². The number of pyridine rings is 1. The minimum absolute atomic E-state index is 0.0315. The molecule has 6 rings (SSSR count). The first kappa shape index (κ1) is 33.2. The molecule has 8 heteroatoms. The standard InChI is InChI=1S/C41H38N4O4/c1-43-37-36(29-19-9-3-10-20-29)33(39(47)45(41(37)49)31-23-13-5-14-24-31)26-16-6-15-25-32-35(28-17-7-2-8-18-28)34(27-42)40(48)44(38(32)46)30-21-11-4-12-22-30/h2-3,6-10,15-20,25-26,30-31,49H,4-5,11-14,21-24H2/b15-6+,26-16+,32-25-. The van der Waals surface area contributed by atoms with Gasteiger partial charge >= 0.3 is 0 Å². The molecule has 2 aromatic carbocycles. The normalized spacial score (nSPS) is 18.8. The van der Waals surface area contributed by atoms with Gasteiger partial charge in [-0.05, 0) is 42.9 Å². The SMILES string of the molecule is [C-]#[N+]c1c(-c2ccccc2)c(/C=C/C=C/C=C2\C(=O)N(C3CCCCC3)C(=O)C(C#N)=C2c2ccccc2)c(=O)n(C2CCCCC2)c1O. The van der Waals surface area contributed by atoms with Crippen LogP contribution in [-0.4, -0.2) is 32.4 Å². The number of nitriles is 1. The van der Waals surface area contributed by atoms with Crippen LogP contribution >= 0.6 is 0 Å². The van der Waals surface area contributed by atoms with Crippen LogP contribution in [0.1, 0.15) is 81.4 Å². The van der Waals surface area contributed by atoms with Crippen molar-refractivity contribution in [2.24, 2.45) is 0 Å². The van der Waals surface area contributed by atoms with Crippen LogP contribution in [0.15, 0.2) is 101 Å². The Bertz CT molecular complexity index is 2010. The predicted octanol–water partition coefficient (Wildman–Crippen LogP) is 8.45. The summed E-state index contributed by atoms with van der Waals surface area (Å²) in [6, 6.07) is 19.8. The number of carbonyl (C=O) groups excluding carboxylic acids is 2. The first-order valence-corrected chi connectivity index (χ1v) is 17.0. The second-order valence-corrected chi connectivity index (χ2v) is 12.7. The minimum Gasteiger partial charge on any atom is -0.503 e. The van der Waals surface area contributed by atoms with Crippen LogP contribution in [0.3, 0.4) is 0 Å². The van der Waals surface area contributed by atoms with Crippen LogP contribution in [0.2, 0.25) is 0 Å². The molecule has 3 aliphatic rings. The maximum absolute atomic E-state index is 14.1. The molecule has 8 nitrogen and oxygen atoms in total. The third-order valence-corrected chi connectivity index (χ3v) is 9.77. The van der Waals surface area contributed by atoms with Crippen molar-refractivity contribution in [1.82, 2.24) is 9.47 Å². The second-order valence-electron chi connectivity index (χ2n) is 12.7. The summed E-state index contributed by atoms with van der Waals surface area (Å²) in [5, 5.41) is 21.5. The predicted molar refractivity (Wildman–Crippen MR) is 190 cm³/mol. The van der Waals surface area contributed by atoms with Gasteiger partial charge in [0, 0.05) is 34.4 Å². The van der Waals surface area contributed by atoms with Crippen molar-refractivity contribution in [3.63, 3.8) is 0 Å². The van der Waals surface area contributed by atoms with Crippen LogP contribution in [0.25, 0.3) is 27.6 Å². The van der Waals surface area contributed by atoms with Gasteiger partial charge in [0.1, 0.15) is 11.6 Å². The average molecular weight is 651 g/mol. The molecule has 3 aromatic rings. The molecule has 1 N–H and O–H groups in total. The van der Waals surface area contributed by atoms with E-state index in [1.54, 1.807) is 54.6 Å². The topological polar surface area (TPSA) is 108 Å². The van der Waals surface area contributed by atoms with E-state index in [2.05, 4.69) is 10.9 Å². The fraction of sp³-hybridized carbons (Fsp3) is 0.293. The van der Waals surface area contributed by atoms with Crippen LogP contribution in [0, 0.1) is 17.9 Å². The maximum atomic E-state index is 14.1. The Hall–Kier alpha value is -5.73. The largest absolute Gasteiger partial charge is 0.503 e. The molecule has 246 valence electrons. The third kappa shape index (κ3) is 6.55. The Balaban J connectivity index is 1.43. The molecule has 49 heavy (non-hydrogen) atoms. The zero-order chi connectivity index (χ0) is 34.3. The summed E-state index contributed by atoms with van der Waals surface area (Å²) in [6.45, 7) is 7.97. The number of aromatic hydroxyl groups is 1. The number of amides is 2. The molecule has 0 radical (unpaired) electrons. The van der Waals surface area contributed by atoms with Crippen molar-refractivity contribution < 1.29 is 14.7 Å². The Morgan fingerprint density at radius 1 is 0.776 bits per heavy atom. The Morgan fingerprint density at radius 3 is 1.96 bits per heavy atom. The fourth-order valence-electron chi connectivity index (χ4n) is 7.41. The molecule has 2 fully saturated rings. The molecule has 1 aromatic heterocycles. The third-order valence-electron chi connectivity index (χ3n) is 9.77. The zero-order valence-electron chi connectivity index (χ0n) is 27.3. The Labute approximate surface area is 286 Å². The number of benzene rings is 2. The molecule has 0 bridgehead atoms. The van der Waals surface area contributed by atoms with E-state index in [-0.39, 0.29) is 45.9 Å². The van der Waals surface area contributed by atoms with Gasteiger partial charge in [-0.15, -0.1) is 0 Å². The molecule has 0 atom stereocenters. The minimum atomic E-state index is -0.551. The summed E-state index contributed by atoms with van der Waals surface area (Å²) < 4.78 is 1.39. The highest BCUT2D eigenvalue weighted by molar-refractivity contribution is 6.27. The van der Waals surface area contributed by atoms with Gasteiger partial charge in [0.05, 0.1) is 6.57 Å². The lowest BCUT2D eigenvalue weighted by atomic mass is 9.85. The molecule has 1 aliphatic heterocycles. The van der Waals surface area contributed by atoms with Crippen LogP contribution < -0.4 is 5.56 Å².